The van der Waals surface area contributed by atoms with E-state index in [1.54, 1.807) is 24.3 Å². The third-order valence-corrected chi connectivity index (χ3v) is 8.60. The first-order chi connectivity index (χ1) is 23.9. The first-order valence-electron chi connectivity index (χ1n) is 15.7. The Morgan fingerprint density at radius 3 is 2.38 bits per heavy atom. The van der Waals surface area contributed by atoms with Gasteiger partial charge in [0.25, 0.3) is 0 Å². The second-order valence-electron chi connectivity index (χ2n) is 12.2. The van der Waals surface area contributed by atoms with Gasteiger partial charge in [0, 0.05) is 12.1 Å². The summed E-state index contributed by atoms with van der Waals surface area (Å²) in [5.41, 5.74) is -0.508. The van der Waals surface area contributed by atoms with Gasteiger partial charge in [0.1, 0.15) is 60.1 Å². The summed E-state index contributed by atoms with van der Waals surface area (Å²) < 4.78 is 33.9. The highest BCUT2D eigenvalue weighted by molar-refractivity contribution is 6.00. The van der Waals surface area contributed by atoms with Gasteiger partial charge in [-0.1, -0.05) is 24.3 Å². The SMILES string of the molecule is O=C(/C=C/c1ccc(O)cc1)OC[C@]1(O)CO[C@H](O[C@H]2[C@H](Oc3ccc([C@@H]4CC(=O)c5ccc(O)cc5O4)cc3)O[C@H](CO)[C@@H](O)[C@@H]2O)[C@H]1O. The molecule has 0 bridgehead atoms. The molecule has 2 saturated heterocycles. The average molecular weight is 697 g/mol. The Labute approximate surface area is 285 Å². The molecule has 0 aliphatic carbocycles. The van der Waals surface area contributed by atoms with Crippen molar-refractivity contribution in [3.05, 3.63) is 89.5 Å². The molecule has 9 atom stereocenters. The lowest BCUT2D eigenvalue weighted by Crippen LogP contribution is -2.62. The summed E-state index contributed by atoms with van der Waals surface area (Å²) in [4.78, 5) is 24.9. The number of ether oxygens (including phenoxy) is 6. The molecule has 3 aliphatic heterocycles. The standard InChI is InChI=1S/C35H36O15/c36-15-27-29(41)30(42)31(50-34-32(43)35(44,17-46-34)16-45-28(40)12-3-18-1-6-20(37)7-2-18)33(49-27)47-22-9-4-19(5-10-22)25-14-24(39)23-11-8-21(38)13-26(23)48-25/h1-13,25,27,29-34,36-38,41-44H,14-17H2/b12-3+/t25-,27+,29+,30-,31+,32+,33+,34+,35-/m0/s1. The van der Waals surface area contributed by atoms with E-state index in [0.717, 1.165) is 6.08 Å². The van der Waals surface area contributed by atoms with Crippen LogP contribution in [0.3, 0.4) is 0 Å². The van der Waals surface area contributed by atoms with E-state index in [1.165, 1.54) is 48.5 Å². The van der Waals surface area contributed by atoms with Gasteiger partial charge in [-0.2, -0.15) is 0 Å². The van der Waals surface area contributed by atoms with Crippen molar-refractivity contribution in [2.75, 3.05) is 19.8 Å². The van der Waals surface area contributed by atoms with Crippen molar-refractivity contribution in [3.8, 4) is 23.0 Å². The molecule has 2 fully saturated rings. The lowest BCUT2D eigenvalue weighted by Gasteiger charge is -2.42. The molecule has 266 valence electrons. The number of rotatable bonds is 10. The minimum atomic E-state index is -2.10. The number of phenolic OH excluding ortho intramolecular Hbond substituents is 2. The summed E-state index contributed by atoms with van der Waals surface area (Å²) in [6.07, 6.45) is -9.03. The van der Waals surface area contributed by atoms with E-state index >= 15 is 0 Å². The van der Waals surface area contributed by atoms with Crippen LogP contribution in [0.1, 0.15) is 34.0 Å². The van der Waals surface area contributed by atoms with E-state index in [1.807, 2.05) is 0 Å². The molecule has 50 heavy (non-hydrogen) atoms. The van der Waals surface area contributed by atoms with Gasteiger partial charge in [-0.25, -0.2) is 4.79 Å². The molecular formula is C35H36O15. The van der Waals surface area contributed by atoms with E-state index in [4.69, 9.17) is 28.4 Å². The Bertz CT molecular complexity index is 1690. The van der Waals surface area contributed by atoms with Crippen molar-refractivity contribution >= 4 is 17.8 Å². The van der Waals surface area contributed by atoms with Gasteiger partial charge in [0.2, 0.25) is 6.29 Å². The van der Waals surface area contributed by atoms with Crippen LogP contribution in [0.25, 0.3) is 6.08 Å². The Morgan fingerprint density at radius 1 is 0.940 bits per heavy atom. The Morgan fingerprint density at radius 2 is 1.66 bits per heavy atom. The smallest absolute Gasteiger partial charge is 0.330 e. The van der Waals surface area contributed by atoms with E-state index in [-0.39, 0.29) is 35.2 Å². The third kappa shape index (κ3) is 7.60. The minimum Gasteiger partial charge on any atom is -0.508 e. The summed E-state index contributed by atoms with van der Waals surface area (Å²) in [6, 6.07) is 16.6. The highest BCUT2D eigenvalue weighted by Gasteiger charge is 2.54. The van der Waals surface area contributed by atoms with Crippen LogP contribution in [0.15, 0.2) is 72.8 Å². The summed E-state index contributed by atoms with van der Waals surface area (Å²) in [7, 11) is 0. The molecule has 0 aromatic heterocycles. The largest absolute Gasteiger partial charge is 0.508 e. The van der Waals surface area contributed by atoms with Crippen molar-refractivity contribution < 1.29 is 73.8 Å². The molecule has 0 unspecified atom stereocenters. The van der Waals surface area contributed by atoms with Crippen molar-refractivity contribution in [2.45, 2.75) is 61.2 Å². The first-order valence-corrected chi connectivity index (χ1v) is 15.7. The number of carbonyl (C=O) groups is 2. The normalized spacial score (nSPS) is 30.9. The highest BCUT2D eigenvalue weighted by atomic mass is 16.8. The van der Waals surface area contributed by atoms with E-state index in [9.17, 15) is 45.3 Å². The number of aromatic hydroxyl groups is 2. The second-order valence-corrected chi connectivity index (χ2v) is 12.2. The molecule has 3 aromatic rings. The quantitative estimate of drug-likeness (QED) is 0.114. The molecule has 3 heterocycles. The highest BCUT2D eigenvalue weighted by Crippen LogP contribution is 2.38. The van der Waals surface area contributed by atoms with Crippen LogP contribution in [-0.4, -0.2) is 116 Å². The van der Waals surface area contributed by atoms with Gasteiger partial charge in [0.15, 0.2) is 23.8 Å². The van der Waals surface area contributed by atoms with Crippen molar-refractivity contribution in [1.82, 2.24) is 0 Å². The fraction of sp³-hybridized carbons (Fsp3) is 0.371. The first kappa shape index (κ1) is 35.3. The molecule has 0 amide bonds. The lowest BCUT2D eigenvalue weighted by atomic mass is 9.96. The molecule has 15 heteroatoms. The lowest BCUT2D eigenvalue weighted by molar-refractivity contribution is -0.318. The zero-order valence-corrected chi connectivity index (χ0v) is 26.3. The number of hydrogen-bond acceptors (Lipinski definition) is 15. The molecule has 3 aromatic carbocycles. The van der Waals surface area contributed by atoms with Crippen LogP contribution in [0.4, 0.5) is 0 Å². The van der Waals surface area contributed by atoms with Crippen LogP contribution in [0.2, 0.25) is 0 Å². The number of Topliss-reactive ketones (excluding diaryl/α,β-unsaturated/α-hetero) is 1. The maximum atomic E-state index is 12.7. The van der Waals surface area contributed by atoms with Crippen molar-refractivity contribution in [2.24, 2.45) is 0 Å². The maximum absolute atomic E-state index is 12.7. The Balaban J connectivity index is 1.10. The van der Waals surface area contributed by atoms with Crippen LogP contribution < -0.4 is 9.47 Å². The number of phenols is 2. The van der Waals surface area contributed by atoms with Gasteiger partial charge < -0.3 is 64.2 Å². The van der Waals surface area contributed by atoms with Gasteiger partial charge in [-0.05, 0) is 53.6 Å². The number of aliphatic hydroxyl groups excluding tert-OH is 4. The summed E-state index contributed by atoms with van der Waals surface area (Å²) in [6.45, 7) is -1.88. The number of hydrogen-bond donors (Lipinski definition) is 7. The Kier molecular flexibility index (Phi) is 10.4. The predicted molar refractivity (Wildman–Crippen MR) is 169 cm³/mol. The number of benzene rings is 3. The molecule has 0 spiro atoms. The number of fused-ring (bicyclic) bond motifs is 1. The molecule has 0 radical (unpaired) electrons. The van der Waals surface area contributed by atoms with Crippen LogP contribution in [0, 0.1) is 0 Å². The van der Waals surface area contributed by atoms with Gasteiger partial charge >= 0.3 is 5.97 Å². The molecule has 6 rings (SSSR count). The molecular weight excluding hydrogens is 660 g/mol. The fourth-order valence-corrected chi connectivity index (χ4v) is 5.74. The molecule has 0 saturated carbocycles. The van der Waals surface area contributed by atoms with Crippen LogP contribution in [-0.2, 0) is 23.7 Å². The number of aliphatic hydroxyl groups is 5. The molecule has 15 nitrogen and oxygen atoms in total. The van der Waals surface area contributed by atoms with Crippen LogP contribution in [0.5, 0.6) is 23.0 Å². The Hall–Kier alpha value is -4.58. The molecule has 3 aliphatic rings. The zero-order valence-electron chi connectivity index (χ0n) is 26.3. The number of ketones is 1. The predicted octanol–water partition coefficient (Wildman–Crippen LogP) is 0.712. The fourth-order valence-electron chi connectivity index (χ4n) is 5.74. The minimum absolute atomic E-state index is 0.0436. The van der Waals surface area contributed by atoms with Crippen molar-refractivity contribution in [3.63, 3.8) is 0 Å². The summed E-state index contributed by atoms with van der Waals surface area (Å²) in [5.74, 6) is -0.515. The van der Waals surface area contributed by atoms with Gasteiger partial charge in [-0.3, -0.25) is 4.79 Å². The van der Waals surface area contributed by atoms with E-state index < -0.39 is 80.6 Å². The third-order valence-electron chi connectivity index (χ3n) is 8.60. The topological polar surface area (TPSA) is 231 Å². The summed E-state index contributed by atoms with van der Waals surface area (Å²) >= 11 is 0. The van der Waals surface area contributed by atoms with Crippen molar-refractivity contribution in [1.29, 1.82) is 0 Å². The zero-order chi connectivity index (χ0) is 35.6. The maximum Gasteiger partial charge on any atom is 0.330 e. The monoisotopic (exact) mass is 696 g/mol. The summed E-state index contributed by atoms with van der Waals surface area (Å²) in [5, 5.41) is 72.4. The van der Waals surface area contributed by atoms with E-state index in [0.29, 0.717) is 16.7 Å². The average Bonchev–Trinajstić information content (AvgIpc) is 3.39. The van der Waals surface area contributed by atoms with Gasteiger partial charge in [-0.15, -0.1) is 0 Å². The van der Waals surface area contributed by atoms with Crippen LogP contribution >= 0.6 is 0 Å². The van der Waals surface area contributed by atoms with E-state index in [2.05, 4.69) is 0 Å². The number of carbonyl (C=O) groups excluding carboxylic acids is 2. The molecule has 7 N–H and O–H groups in total. The second kappa shape index (κ2) is 14.7. The van der Waals surface area contributed by atoms with Gasteiger partial charge in [0.05, 0.1) is 25.2 Å². The number of esters is 1.